The summed E-state index contributed by atoms with van der Waals surface area (Å²) < 4.78 is 0. The Bertz CT molecular complexity index is 175. The zero-order valence-electron chi connectivity index (χ0n) is 9.86. The SMILES string of the molecule is OCCCC1(O)CCC(O)(CCCO)CC1. The van der Waals surface area contributed by atoms with E-state index in [1.165, 1.54) is 0 Å². The van der Waals surface area contributed by atoms with E-state index in [4.69, 9.17) is 10.2 Å². The fourth-order valence-electron chi connectivity index (χ4n) is 2.50. The van der Waals surface area contributed by atoms with Crippen LogP contribution >= 0.6 is 0 Å². The molecular formula is C12H24O4. The summed E-state index contributed by atoms with van der Waals surface area (Å²) in [7, 11) is 0. The minimum atomic E-state index is -0.700. The minimum Gasteiger partial charge on any atom is -0.396 e. The van der Waals surface area contributed by atoms with Crippen molar-refractivity contribution in [2.24, 2.45) is 0 Å². The second-order valence-corrected chi connectivity index (χ2v) is 5.10. The Balaban J connectivity index is 2.36. The van der Waals surface area contributed by atoms with E-state index in [0.717, 1.165) is 0 Å². The van der Waals surface area contributed by atoms with Gasteiger partial charge in [-0.25, -0.2) is 0 Å². The first-order chi connectivity index (χ1) is 7.54. The molecule has 0 aromatic heterocycles. The van der Waals surface area contributed by atoms with Crippen LogP contribution in [0.5, 0.6) is 0 Å². The van der Waals surface area contributed by atoms with Crippen molar-refractivity contribution >= 4 is 0 Å². The fraction of sp³-hybridized carbons (Fsp3) is 1.00. The van der Waals surface area contributed by atoms with Crippen molar-refractivity contribution in [3.63, 3.8) is 0 Å². The third kappa shape index (κ3) is 4.01. The highest BCUT2D eigenvalue weighted by Crippen LogP contribution is 2.39. The Labute approximate surface area is 96.9 Å². The molecule has 0 unspecified atom stereocenters. The molecule has 0 atom stereocenters. The summed E-state index contributed by atoms with van der Waals surface area (Å²) in [5.41, 5.74) is -1.40. The van der Waals surface area contributed by atoms with Gasteiger partial charge in [0.2, 0.25) is 0 Å². The van der Waals surface area contributed by atoms with E-state index in [1.54, 1.807) is 0 Å². The molecule has 1 saturated carbocycles. The van der Waals surface area contributed by atoms with Gasteiger partial charge in [-0.05, 0) is 51.4 Å². The van der Waals surface area contributed by atoms with E-state index in [2.05, 4.69) is 0 Å². The first kappa shape index (κ1) is 13.9. The van der Waals surface area contributed by atoms with Crippen molar-refractivity contribution in [3.8, 4) is 0 Å². The molecule has 0 aromatic carbocycles. The van der Waals surface area contributed by atoms with Crippen LogP contribution in [-0.2, 0) is 0 Å². The van der Waals surface area contributed by atoms with Crippen LogP contribution in [0.1, 0.15) is 51.4 Å². The lowest BCUT2D eigenvalue weighted by Gasteiger charge is -2.41. The Hall–Kier alpha value is -0.160. The van der Waals surface area contributed by atoms with Gasteiger partial charge in [0, 0.05) is 13.2 Å². The van der Waals surface area contributed by atoms with Crippen molar-refractivity contribution in [2.45, 2.75) is 62.6 Å². The van der Waals surface area contributed by atoms with Crippen LogP contribution in [0.3, 0.4) is 0 Å². The molecule has 0 saturated heterocycles. The Morgan fingerprint density at radius 2 is 1.00 bits per heavy atom. The molecule has 4 heteroatoms. The number of aliphatic hydroxyl groups is 4. The van der Waals surface area contributed by atoms with Gasteiger partial charge in [-0.2, -0.15) is 0 Å². The summed E-state index contributed by atoms with van der Waals surface area (Å²) in [6.07, 6.45) is 4.82. The largest absolute Gasteiger partial charge is 0.396 e. The highest BCUT2D eigenvalue weighted by Gasteiger charge is 2.39. The third-order valence-corrected chi connectivity index (χ3v) is 3.71. The maximum absolute atomic E-state index is 10.2. The molecule has 4 nitrogen and oxygen atoms in total. The van der Waals surface area contributed by atoms with Gasteiger partial charge in [-0.15, -0.1) is 0 Å². The molecule has 0 heterocycles. The molecule has 1 aliphatic rings. The van der Waals surface area contributed by atoms with Crippen LogP contribution in [-0.4, -0.2) is 44.8 Å². The number of hydrogen-bond donors (Lipinski definition) is 4. The predicted octanol–water partition coefficient (Wildman–Crippen LogP) is 0.568. The molecule has 4 N–H and O–H groups in total. The molecule has 1 rings (SSSR count). The summed E-state index contributed by atoms with van der Waals surface area (Å²) in [5.74, 6) is 0. The lowest BCUT2D eigenvalue weighted by molar-refractivity contribution is -0.0906. The topological polar surface area (TPSA) is 80.9 Å². The van der Waals surface area contributed by atoms with E-state index >= 15 is 0 Å². The van der Waals surface area contributed by atoms with Gasteiger partial charge < -0.3 is 20.4 Å². The molecular weight excluding hydrogens is 208 g/mol. The molecule has 0 aliphatic heterocycles. The van der Waals surface area contributed by atoms with Gasteiger partial charge in [0.05, 0.1) is 11.2 Å². The smallest absolute Gasteiger partial charge is 0.0650 e. The van der Waals surface area contributed by atoms with Gasteiger partial charge in [0.15, 0.2) is 0 Å². The van der Waals surface area contributed by atoms with E-state index in [9.17, 15) is 10.2 Å². The lowest BCUT2D eigenvalue weighted by atomic mass is 9.72. The molecule has 0 amide bonds. The fourth-order valence-corrected chi connectivity index (χ4v) is 2.50. The lowest BCUT2D eigenvalue weighted by Crippen LogP contribution is -2.43. The number of aliphatic hydroxyl groups excluding tert-OH is 2. The molecule has 1 fully saturated rings. The quantitative estimate of drug-likeness (QED) is 0.539. The van der Waals surface area contributed by atoms with Crippen LogP contribution in [0.4, 0.5) is 0 Å². The van der Waals surface area contributed by atoms with Crippen molar-refractivity contribution in [2.75, 3.05) is 13.2 Å². The second kappa shape index (κ2) is 5.96. The normalized spacial score (nSPS) is 35.2. The molecule has 16 heavy (non-hydrogen) atoms. The molecule has 0 bridgehead atoms. The first-order valence-electron chi connectivity index (χ1n) is 6.20. The van der Waals surface area contributed by atoms with Crippen molar-refractivity contribution < 1.29 is 20.4 Å². The standard InChI is InChI=1S/C12H24O4/c13-9-1-3-11(15)5-7-12(16,8-6-11)4-2-10-14/h13-16H,1-10H2. The van der Waals surface area contributed by atoms with E-state index < -0.39 is 11.2 Å². The van der Waals surface area contributed by atoms with Gasteiger partial charge in [-0.3, -0.25) is 0 Å². The summed E-state index contributed by atoms with van der Waals surface area (Å²) in [4.78, 5) is 0. The summed E-state index contributed by atoms with van der Waals surface area (Å²) in [6, 6.07) is 0. The van der Waals surface area contributed by atoms with E-state index in [-0.39, 0.29) is 13.2 Å². The Morgan fingerprint density at radius 3 is 1.25 bits per heavy atom. The average Bonchev–Trinajstić information content (AvgIpc) is 2.29. The zero-order chi connectivity index (χ0) is 12.1. The third-order valence-electron chi connectivity index (χ3n) is 3.71. The van der Waals surface area contributed by atoms with Gasteiger partial charge in [-0.1, -0.05) is 0 Å². The number of hydrogen-bond acceptors (Lipinski definition) is 4. The first-order valence-corrected chi connectivity index (χ1v) is 6.20. The summed E-state index contributed by atoms with van der Waals surface area (Å²) in [5, 5.41) is 37.9. The predicted molar refractivity (Wildman–Crippen MR) is 61.0 cm³/mol. The van der Waals surface area contributed by atoms with Crippen molar-refractivity contribution in [3.05, 3.63) is 0 Å². The average molecular weight is 232 g/mol. The van der Waals surface area contributed by atoms with E-state index in [1.807, 2.05) is 0 Å². The Kier molecular flexibility index (Phi) is 5.18. The van der Waals surface area contributed by atoms with Crippen LogP contribution in [0, 0.1) is 0 Å². The van der Waals surface area contributed by atoms with Crippen LogP contribution in [0.15, 0.2) is 0 Å². The van der Waals surface area contributed by atoms with Crippen LogP contribution < -0.4 is 0 Å². The number of rotatable bonds is 6. The second-order valence-electron chi connectivity index (χ2n) is 5.10. The summed E-state index contributed by atoms with van der Waals surface area (Å²) >= 11 is 0. The molecule has 96 valence electrons. The van der Waals surface area contributed by atoms with E-state index in [0.29, 0.717) is 51.4 Å². The maximum Gasteiger partial charge on any atom is 0.0650 e. The van der Waals surface area contributed by atoms with Crippen LogP contribution in [0.2, 0.25) is 0 Å². The molecule has 0 radical (unpaired) electrons. The highest BCUT2D eigenvalue weighted by molar-refractivity contribution is 4.93. The highest BCUT2D eigenvalue weighted by atomic mass is 16.3. The molecule has 0 spiro atoms. The molecule has 0 aromatic rings. The summed E-state index contributed by atoms with van der Waals surface area (Å²) in [6.45, 7) is 0.216. The zero-order valence-corrected chi connectivity index (χ0v) is 9.86. The minimum absolute atomic E-state index is 0.108. The van der Waals surface area contributed by atoms with Crippen LogP contribution in [0.25, 0.3) is 0 Å². The van der Waals surface area contributed by atoms with Crippen molar-refractivity contribution in [1.29, 1.82) is 0 Å². The van der Waals surface area contributed by atoms with Gasteiger partial charge >= 0.3 is 0 Å². The van der Waals surface area contributed by atoms with Crippen molar-refractivity contribution in [1.82, 2.24) is 0 Å². The van der Waals surface area contributed by atoms with Gasteiger partial charge in [0.1, 0.15) is 0 Å². The monoisotopic (exact) mass is 232 g/mol. The Morgan fingerprint density at radius 1 is 0.688 bits per heavy atom. The maximum atomic E-state index is 10.2. The van der Waals surface area contributed by atoms with Gasteiger partial charge in [0.25, 0.3) is 0 Å². The molecule has 1 aliphatic carbocycles.